The molecule has 2 aromatic rings. The van der Waals surface area contributed by atoms with Gasteiger partial charge in [0.25, 0.3) is 0 Å². The van der Waals surface area contributed by atoms with Gasteiger partial charge in [-0.2, -0.15) is 0 Å². The second-order valence-corrected chi connectivity index (χ2v) is 6.95. The number of hydrogen-bond donors (Lipinski definition) is 2. The summed E-state index contributed by atoms with van der Waals surface area (Å²) < 4.78 is 24.9. The van der Waals surface area contributed by atoms with Crippen LogP contribution in [-0.4, -0.2) is 56.0 Å². The Morgan fingerprint density at radius 3 is 2.55 bits per heavy atom. The van der Waals surface area contributed by atoms with Crippen LogP contribution in [0.25, 0.3) is 0 Å². The van der Waals surface area contributed by atoms with Gasteiger partial charge in [0.05, 0.1) is 7.11 Å². The molecular weight excluding hydrogens is 371 g/mol. The zero-order valence-electron chi connectivity index (χ0n) is 17.7. The molecule has 5 nitrogen and oxygen atoms in total. The minimum atomic E-state index is -0.567. The van der Waals surface area contributed by atoms with Crippen molar-refractivity contribution < 1.29 is 19.0 Å². The third kappa shape index (κ3) is 7.65. The number of nitrogens with zero attached hydrogens (tertiary/aromatic N) is 1. The Morgan fingerprint density at radius 2 is 1.86 bits per heavy atom. The average molecular weight is 405 g/mol. The molecule has 2 N–H and O–H groups in total. The first-order chi connectivity index (χ1) is 14.1. The highest BCUT2D eigenvalue weighted by Gasteiger charge is 2.12. The van der Waals surface area contributed by atoms with Crippen molar-refractivity contribution in [1.82, 2.24) is 10.2 Å². The molecule has 0 fully saturated rings. The van der Waals surface area contributed by atoms with Crippen LogP contribution >= 0.6 is 0 Å². The largest absolute Gasteiger partial charge is 0.493 e. The molecule has 0 aliphatic rings. The van der Waals surface area contributed by atoms with E-state index in [2.05, 4.69) is 24.1 Å². The van der Waals surface area contributed by atoms with Gasteiger partial charge in [0, 0.05) is 13.1 Å². The second-order valence-electron chi connectivity index (χ2n) is 6.95. The number of methoxy groups -OCH3 is 1. The van der Waals surface area contributed by atoms with Gasteiger partial charge in [0.15, 0.2) is 11.5 Å². The number of aliphatic hydroxyl groups is 1. The second kappa shape index (κ2) is 12.4. The predicted octanol–water partition coefficient (Wildman–Crippen LogP) is 3.25. The summed E-state index contributed by atoms with van der Waals surface area (Å²) in [5, 5.41) is 13.6. The van der Waals surface area contributed by atoms with E-state index >= 15 is 0 Å². The van der Waals surface area contributed by atoms with E-state index in [0.717, 1.165) is 18.7 Å². The minimum Gasteiger partial charge on any atom is -0.493 e. The van der Waals surface area contributed by atoms with Gasteiger partial charge < -0.3 is 24.8 Å². The topological polar surface area (TPSA) is 54.0 Å². The van der Waals surface area contributed by atoms with Crippen molar-refractivity contribution in [2.45, 2.75) is 32.9 Å². The van der Waals surface area contributed by atoms with Crippen molar-refractivity contribution in [1.29, 1.82) is 0 Å². The van der Waals surface area contributed by atoms with Gasteiger partial charge in [-0.1, -0.05) is 38.1 Å². The number of hydrogen-bond acceptors (Lipinski definition) is 5. The molecule has 0 aliphatic carbocycles. The van der Waals surface area contributed by atoms with Crippen LogP contribution in [0.2, 0.25) is 0 Å². The van der Waals surface area contributed by atoms with Gasteiger partial charge in [0.2, 0.25) is 0 Å². The molecule has 29 heavy (non-hydrogen) atoms. The van der Waals surface area contributed by atoms with Crippen molar-refractivity contribution >= 4 is 0 Å². The lowest BCUT2D eigenvalue weighted by Gasteiger charge is -2.22. The lowest BCUT2D eigenvalue weighted by Crippen LogP contribution is -2.35. The number of likely N-dealkylation sites (N-methyl/N-ethyl adjacent to an activating group) is 1. The van der Waals surface area contributed by atoms with Crippen LogP contribution < -0.4 is 14.8 Å². The Labute approximate surface area is 173 Å². The van der Waals surface area contributed by atoms with Crippen LogP contribution in [0, 0.1) is 5.82 Å². The summed E-state index contributed by atoms with van der Waals surface area (Å²) in [6.07, 6.45) is 0.0613. The summed E-state index contributed by atoms with van der Waals surface area (Å²) in [6, 6.07) is 12.6. The summed E-state index contributed by atoms with van der Waals surface area (Å²) in [5.41, 5.74) is 1.74. The van der Waals surface area contributed by atoms with Crippen molar-refractivity contribution in [2.24, 2.45) is 0 Å². The van der Waals surface area contributed by atoms with Crippen molar-refractivity contribution in [3.63, 3.8) is 0 Å². The Kier molecular flexibility index (Phi) is 9.91. The van der Waals surface area contributed by atoms with E-state index in [4.69, 9.17) is 9.47 Å². The molecule has 6 heteroatoms. The van der Waals surface area contributed by atoms with E-state index in [1.54, 1.807) is 19.2 Å². The molecule has 1 atom stereocenters. The van der Waals surface area contributed by atoms with Crippen molar-refractivity contribution in [3.8, 4) is 11.5 Å². The maximum atomic E-state index is 13.7. The number of rotatable bonds is 13. The number of ether oxygens (including phenoxy) is 2. The molecular formula is C23H33FN2O3. The normalized spacial score (nSPS) is 12.2. The number of benzene rings is 2. The quantitative estimate of drug-likeness (QED) is 0.502. The van der Waals surface area contributed by atoms with Gasteiger partial charge >= 0.3 is 0 Å². The lowest BCUT2D eigenvalue weighted by atomic mass is 10.1. The lowest BCUT2D eigenvalue weighted by molar-refractivity contribution is 0.0705. The van der Waals surface area contributed by atoms with Crippen LogP contribution in [-0.2, 0) is 13.0 Å². The zero-order valence-corrected chi connectivity index (χ0v) is 17.7. The standard InChI is InChI=1S/C23H33FN2O3/c1-4-26(5-2)16-20(27)17-29-23-14-18(10-11-22(23)28-3)15-25-13-12-19-8-6-7-9-21(19)24/h6-11,14,20,25,27H,4-5,12-13,15-17H2,1-3H3. The van der Waals surface area contributed by atoms with Crippen LogP contribution in [0.5, 0.6) is 11.5 Å². The molecule has 0 saturated carbocycles. The number of nitrogens with one attached hydrogen (secondary N) is 1. The van der Waals surface area contributed by atoms with E-state index in [1.165, 1.54) is 6.07 Å². The molecule has 0 aromatic heterocycles. The van der Waals surface area contributed by atoms with E-state index in [0.29, 0.717) is 43.1 Å². The van der Waals surface area contributed by atoms with Gasteiger partial charge in [0.1, 0.15) is 18.5 Å². The smallest absolute Gasteiger partial charge is 0.161 e. The third-order valence-corrected chi connectivity index (χ3v) is 4.88. The minimum absolute atomic E-state index is 0.169. The molecule has 2 aromatic carbocycles. The maximum Gasteiger partial charge on any atom is 0.161 e. The molecule has 0 aliphatic heterocycles. The fraction of sp³-hybridized carbons (Fsp3) is 0.478. The van der Waals surface area contributed by atoms with Crippen LogP contribution in [0.1, 0.15) is 25.0 Å². The summed E-state index contributed by atoms with van der Waals surface area (Å²) in [5.74, 6) is 1.08. The first kappa shape index (κ1) is 23.1. The van der Waals surface area contributed by atoms with Gasteiger partial charge in [-0.05, 0) is 55.4 Å². The summed E-state index contributed by atoms with van der Waals surface area (Å²) >= 11 is 0. The third-order valence-electron chi connectivity index (χ3n) is 4.88. The molecule has 0 amide bonds. The van der Waals surface area contributed by atoms with Gasteiger partial charge in [-0.25, -0.2) is 4.39 Å². The SMILES string of the molecule is CCN(CC)CC(O)COc1cc(CNCCc2ccccc2F)ccc1OC. The molecule has 0 spiro atoms. The fourth-order valence-corrected chi connectivity index (χ4v) is 3.12. The highest BCUT2D eigenvalue weighted by atomic mass is 19.1. The van der Waals surface area contributed by atoms with Crippen LogP contribution in [0.3, 0.4) is 0 Å². The summed E-state index contributed by atoms with van der Waals surface area (Å²) in [6.45, 7) is 8.02. The Balaban J connectivity index is 1.86. The zero-order chi connectivity index (χ0) is 21.1. The predicted molar refractivity (Wildman–Crippen MR) is 114 cm³/mol. The van der Waals surface area contributed by atoms with E-state index in [9.17, 15) is 9.50 Å². The first-order valence-corrected chi connectivity index (χ1v) is 10.2. The van der Waals surface area contributed by atoms with E-state index < -0.39 is 6.10 Å². The maximum absolute atomic E-state index is 13.7. The monoisotopic (exact) mass is 404 g/mol. The molecule has 2 rings (SSSR count). The summed E-state index contributed by atoms with van der Waals surface area (Å²) in [4.78, 5) is 2.15. The first-order valence-electron chi connectivity index (χ1n) is 10.2. The Hall–Kier alpha value is -2.15. The molecule has 0 bridgehead atoms. The highest BCUT2D eigenvalue weighted by molar-refractivity contribution is 5.43. The Morgan fingerprint density at radius 1 is 1.10 bits per heavy atom. The highest BCUT2D eigenvalue weighted by Crippen LogP contribution is 2.28. The molecule has 160 valence electrons. The van der Waals surface area contributed by atoms with Gasteiger partial charge in [-0.15, -0.1) is 0 Å². The summed E-state index contributed by atoms with van der Waals surface area (Å²) in [7, 11) is 1.60. The molecule has 0 saturated heterocycles. The number of aliphatic hydroxyl groups excluding tert-OH is 1. The van der Waals surface area contributed by atoms with Crippen molar-refractivity contribution in [3.05, 3.63) is 59.4 Å². The molecule has 0 radical (unpaired) electrons. The van der Waals surface area contributed by atoms with Crippen LogP contribution in [0.15, 0.2) is 42.5 Å². The molecule has 0 heterocycles. The van der Waals surface area contributed by atoms with Crippen LogP contribution in [0.4, 0.5) is 4.39 Å². The fourth-order valence-electron chi connectivity index (χ4n) is 3.12. The van der Waals surface area contributed by atoms with E-state index in [1.807, 2.05) is 24.3 Å². The van der Waals surface area contributed by atoms with Gasteiger partial charge in [-0.3, -0.25) is 0 Å². The van der Waals surface area contributed by atoms with Crippen molar-refractivity contribution in [2.75, 3.05) is 39.9 Å². The molecule has 1 unspecified atom stereocenters. The Bertz CT molecular complexity index is 738. The van der Waals surface area contributed by atoms with E-state index in [-0.39, 0.29) is 12.4 Å². The average Bonchev–Trinajstić information content (AvgIpc) is 2.74. The number of halogens is 1.